The summed E-state index contributed by atoms with van der Waals surface area (Å²) >= 11 is 0. The Balaban J connectivity index is 1.54. The van der Waals surface area contributed by atoms with Crippen LogP contribution < -0.4 is 0 Å². The topological polar surface area (TPSA) is 31.0 Å². The van der Waals surface area contributed by atoms with Gasteiger partial charge in [-0.2, -0.15) is 0 Å². The molecule has 0 amide bonds. The molecular formula is C23H26O3. The Morgan fingerprint density at radius 1 is 0.962 bits per heavy atom. The molecule has 1 aliphatic rings. The van der Waals surface area contributed by atoms with Gasteiger partial charge in [0.1, 0.15) is 6.10 Å². The SMILES string of the molecule is C#CCC[C@H](C[C@H](OCc1ccccc1)[C@H]1CO1)OCc1ccccc1. The number of ether oxygens (including phenoxy) is 3. The molecular weight excluding hydrogens is 324 g/mol. The molecule has 0 unspecified atom stereocenters. The van der Waals surface area contributed by atoms with E-state index in [4.69, 9.17) is 20.6 Å². The number of epoxide rings is 1. The van der Waals surface area contributed by atoms with Gasteiger partial charge >= 0.3 is 0 Å². The highest BCUT2D eigenvalue weighted by Gasteiger charge is 2.35. The summed E-state index contributed by atoms with van der Waals surface area (Å²) in [6.07, 6.45) is 8.07. The van der Waals surface area contributed by atoms with Gasteiger partial charge < -0.3 is 14.2 Å². The summed E-state index contributed by atoms with van der Waals surface area (Å²) in [6.45, 7) is 1.94. The molecule has 3 heteroatoms. The molecule has 1 aliphatic heterocycles. The van der Waals surface area contributed by atoms with E-state index >= 15 is 0 Å². The fourth-order valence-electron chi connectivity index (χ4n) is 2.94. The van der Waals surface area contributed by atoms with Crippen molar-refractivity contribution in [3.05, 3.63) is 71.8 Å². The van der Waals surface area contributed by atoms with E-state index in [0.717, 1.165) is 19.4 Å². The van der Waals surface area contributed by atoms with Crippen molar-refractivity contribution in [3.8, 4) is 12.3 Å². The van der Waals surface area contributed by atoms with Gasteiger partial charge in [0, 0.05) is 12.8 Å². The van der Waals surface area contributed by atoms with E-state index in [1.165, 1.54) is 11.1 Å². The second-order valence-electron chi connectivity index (χ2n) is 6.60. The smallest absolute Gasteiger partial charge is 0.107 e. The third kappa shape index (κ3) is 6.31. The molecule has 2 aromatic rings. The van der Waals surface area contributed by atoms with Crippen LogP contribution >= 0.6 is 0 Å². The van der Waals surface area contributed by atoms with Gasteiger partial charge in [-0.15, -0.1) is 12.3 Å². The third-order valence-electron chi connectivity index (χ3n) is 4.52. The van der Waals surface area contributed by atoms with Crippen LogP contribution in [0.15, 0.2) is 60.7 Å². The quantitative estimate of drug-likeness (QED) is 0.446. The largest absolute Gasteiger partial charge is 0.373 e. The second kappa shape index (κ2) is 10.1. The van der Waals surface area contributed by atoms with Crippen molar-refractivity contribution in [1.29, 1.82) is 0 Å². The summed E-state index contributed by atoms with van der Waals surface area (Å²) in [6, 6.07) is 20.4. The van der Waals surface area contributed by atoms with Gasteiger partial charge in [0.25, 0.3) is 0 Å². The molecule has 0 aromatic heterocycles. The minimum Gasteiger partial charge on any atom is -0.373 e. The Bertz CT molecular complexity index is 674. The van der Waals surface area contributed by atoms with Gasteiger partial charge in [-0.25, -0.2) is 0 Å². The highest BCUT2D eigenvalue weighted by atomic mass is 16.6. The first-order valence-corrected chi connectivity index (χ1v) is 9.21. The van der Waals surface area contributed by atoms with E-state index in [1.54, 1.807) is 0 Å². The van der Waals surface area contributed by atoms with E-state index in [9.17, 15) is 0 Å². The summed E-state index contributed by atoms with van der Waals surface area (Å²) in [7, 11) is 0. The number of benzene rings is 2. The molecule has 1 fully saturated rings. The Morgan fingerprint density at radius 3 is 2.08 bits per heavy atom. The van der Waals surface area contributed by atoms with Gasteiger partial charge in [0.15, 0.2) is 0 Å². The van der Waals surface area contributed by atoms with E-state index in [0.29, 0.717) is 19.6 Å². The lowest BCUT2D eigenvalue weighted by molar-refractivity contribution is -0.0409. The normalized spacial score (nSPS) is 18.0. The summed E-state index contributed by atoms with van der Waals surface area (Å²) in [4.78, 5) is 0. The average molecular weight is 350 g/mol. The molecule has 3 nitrogen and oxygen atoms in total. The van der Waals surface area contributed by atoms with Crippen molar-refractivity contribution < 1.29 is 14.2 Å². The van der Waals surface area contributed by atoms with Crippen LogP contribution in [0.2, 0.25) is 0 Å². The highest BCUT2D eigenvalue weighted by molar-refractivity contribution is 5.14. The highest BCUT2D eigenvalue weighted by Crippen LogP contribution is 2.25. The van der Waals surface area contributed by atoms with Crippen LogP contribution in [-0.4, -0.2) is 24.9 Å². The maximum Gasteiger partial charge on any atom is 0.107 e. The Labute approximate surface area is 156 Å². The van der Waals surface area contributed by atoms with Crippen LogP contribution in [0.25, 0.3) is 0 Å². The van der Waals surface area contributed by atoms with Crippen LogP contribution in [0.4, 0.5) is 0 Å². The monoisotopic (exact) mass is 350 g/mol. The third-order valence-corrected chi connectivity index (χ3v) is 4.52. The summed E-state index contributed by atoms with van der Waals surface area (Å²) in [5.74, 6) is 2.72. The van der Waals surface area contributed by atoms with Crippen LogP contribution in [-0.2, 0) is 27.4 Å². The fourth-order valence-corrected chi connectivity index (χ4v) is 2.94. The summed E-state index contributed by atoms with van der Waals surface area (Å²) < 4.78 is 17.8. The summed E-state index contributed by atoms with van der Waals surface area (Å²) in [5.41, 5.74) is 2.34. The first-order valence-electron chi connectivity index (χ1n) is 9.21. The maximum absolute atomic E-state index is 6.16. The molecule has 0 radical (unpaired) electrons. The number of hydrogen-bond donors (Lipinski definition) is 0. The lowest BCUT2D eigenvalue weighted by atomic mass is 10.0. The molecule has 2 aromatic carbocycles. The van der Waals surface area contributed by atoms with Gasteiger partial charge in [-0.05, 0) is 17.5 Å². The standard InChI is InChI=1S/C23H26O3/c1-2-3-14-21(24-16-19-10-6-4-7-11-19)15-22(23-18-26-23)25-17-20-12-8-5-9-13-20/h1,4-13,21-23H,3,14-18H2/t21-,22+,23-/m1/s1. The number of hydrogen-bond acceptors (Lipinski definition) is 3. The average Bonchev–Trinajstić information content (AvgIpc) is 3.53. The maximum atomic E-state index is 6.16. The molecule has 0 bridgehead atoms. The van der Waals surface area contributed by atoms with Crippen molar-refractivity contribution in [2.24, 2.45) is 0 Å². The van der Waals surface area contributed by atoms with Crippen molar-refractivity contribution in [2.45, 2.75) is 50.8 Å². The second-order valence-corrected chi connectivity index (χ2v) is 6.60. The zero-order valence-corrected chi connectivity index (χ0v) is 15.1. The molecule has 3 rings (SSSR count). The molecule has 0 spiro atoms. The lowest BCUT2D eigenvalue weighted by Crippen LogP contribution is -2.27. The minimum absolute atomic E-state index is 0.0359. The molecule has 1 saturated heterocycles. The predicted molar refractivity (Wildman–Crippen MR) is 102 cm³/mol. The van der Waals surface area contributed by atoms with Crippen LogP contribution in [0.3, 0.4) is 0 Å². The number of terminal acetylenes is 1. The molecule has 3 atom stereocenters. The zero-order valence-electron chi connectivity index (χ0n) is 15.1. The molecule has 0 aliphatic carbocycles. The van der Waals surface area contributed by atoms with Crippen LogP contribution in [0, 0.1) is 12.3 Å². The lowest BCUT2D eigenvalue weighted by Gasteiger charge is -2.23. The Hall–Kier alpha value is -2.12. The Kier molecular flexibility index (Phi) is 7.27. The summed E-state index contributed by atoms with van der Waals surface area (Å²) in [5, 5.41) is 0. The zero-order chi connectivity index (χ0) is 18.0. The molecule has 136 valence electrons. The number of rotatable bonds is 11. The first kappa shape index (κ1) is 18.7. The van der Waals surface area contributed by atoms with Crippen molar-refractivity contribution in [3.63, 3.8) is 0 Å². The first-order chi connectivity index (χ1) is 12.8. The minimum atomic E-state index is 0.0359. The van der Waals surface area contributed by atoms with E-state index in [2.05, 4.69) is 30.2 Å². The molecule has 1 heterocycles. The van der Waals surface area contributed by atoms with Gasteiger partial charge in [0.05, 0.1) is 32.0 Å². The fraction of sp³-hybridized carbons (Fsp3) is 0.391. The van der Waals surface area contributed by atoms with E-state index in [-0.39, 0.29) is 18.3 Å². The van der Waals surface area contributed by atoms with Gasteiger partial charge in [0.2, 0.25) is 0 Å². The van der Waals surface area contributed by atoms with Crippen molar-refractivity contribution in [2.75, 3.05) is 6.61 Å². The molecule has 0 N–H and O–H groups in total. The van der Waals surface area contributed by atoms with E-state index in [1.807, 2.05) is 36.4 Å². The Morgan fingerprint density at radius 2 is 1.54 bits per heavy atom. The van der Waals surface area contributed by atoms with Gasteiger partial charge in [-0.3, -0.25) is 0 Å². The van der Waals surface area contributed by atoms with Crippen molar-refractivity contribution in [1.82, 2.24) is 0 Å². The van der Waals surface area contributed by atoms with Gasteiger partial charge in [-0.1, -0.05) is 60.7 Å². The predicted octanol–water partition coefficient (Wildman–Crippen LogP) is 4.36. The van der Waals surface area contributed by atoms with Crippen LogP contribution in [0.5, 0.6) is 0 Å². The van der Waals surface area contributed by atoms with Crippen LogP contribution in [0.1, 0.15) is 30.4 Å². The van der Waals surface area contributed by atoms with E-state index < -0.39 is 0 Å². The van der Waals surface area contributed by atoms with Crippen molar-refractivity contribution >= 4 is 0 Å². The molecule has 26 heavy (non-hydrogen) atoms. The molecule has 0 saturated carbocycles.